The van der Waals surface area contributed by atoms with E-state index >= 15 is 0 Å². The van der Waals surface area contributed by atoms with Crippen LogP contribution in [0.2, 0.25) is 0 Å². The second kappa shape index (κ2) is 8.85. The molecule has 0 aromatic heterocycles. The molecule has 0 aliphatic carbocycles. The van der Waals surface area contributed by atoms with E-state index in [9.17, 15) is 9.59 Å². The molecule has 0 spiro atoms. The number of benzene rings is 2. The second-order valence-corrected chi connectivity index (χ2v) is 8.98. The lowest BCUT2D eigenvalue weighted by Gasteiger charge is -2.20. The molecule has 0 fully saturated rings. The van der Waals surface area contributed by atoms with Gasteiger partial charge in [-0.1, -0.05) is 60.7 Å². The molecule has 2 aromatic carbocycles. The molecule has 1 unspecified atom stereocenters. The lowest BCUT2D eigenvalue weighted by molar-refractivity contribution is 0.240. The van der Waals surface area contributed by atoms with E-state index in [1.54, 1.807) is 0 Å². The molecule has 0 saturated carbocycles. The van der Waals surface area contributed by atoms with Gasteiger partial charge in [0.05, 0.1) is 8.15 Å². The van der Waals surface area contributed by atoms with E-state index < -0.39 is 27.2 Å². The highest BCUT2D eigenvalue weighted by Gasteiger charge is 2.28. The Morgan fingerprint density at radius 3 is 1.71 bits per heavy atom. The number of rotatable bonds is 7. The first-order valence-electron chi connectivity index (χ1n) is 5.95. The van der Waals surface area contributed by atoms with Gasteiger partial charge in [0.25, 0.3) is 0 Å². The molecule has 0 aliphatic rings. The zero-order chi connectivity index (χ0) is 15.1. The Labute approximate surface area is 130 Å². The van der Waals surface area contributed by atoms with Gasteiger partial charge in [-0.25, -0.2) is 0 Å². The van der Waals surface area contributed by atoms with Crippen LogP contribution >= 0.6 is 17.6 Å². The topological polar surface area (TPSA) is 68.2 Å². The number of hydrogen-bond acceptors (Lipinski definition) is 5. The fraction of sp³-hybridized carbons (Fsp3) is 0. The molecule has 110 valence electrons. The molecule has 21 heavy (non-hydrogen) atoms. The third-order valence-electron chi connectivity index (χ3n) is 2.43. The third-order valence-corrected chi connectivity index (χ3v) is 7.52. The van der Waals surface area contributed by atoms with Crippen molar-refractivity contribution in [2.24, 2.45) is 0 Å². The van der Waals surface area contributed by atoms with Crippen LogP contribution in [0.4, 0.5) is 0 Å². The zero-order valence-corrected chi connectivity index (χ0v) is 15.0. The highest BCUT2D eigenvalue weighted by Crippen LogP contribution is 2.35. The van der Waals surface area contributed by atoms with E-state index in [0.717, 1.165) is 10.6 Å². The van der Waals surface area contributed by atoms with Crippen molar-refractivity contribution >= 4 is 47.3 Å². The van der Waals surface area contributed by atoms with Crippen molar-refractivity contribution in [2.45, 2.75) is 0 Å². The van der Waals surface area contributed by atoms with Crippen LogP contribution < -0.4 is 10.6 Å². The average molecular weight is 356 g/mol. The fourth-order valence-corrected chi connectivity index (χ4v) is 5.94. The molecule has 0 heterocycles. The van der Waals surface area contributed by atoms with Crippen molar-refractivity contribution in [1.29, 1.82) is 0 Å². The molecule has 0 aliphatic heterocycles. The Morgan fingerprint density at radius 1 is 0.810 bits per heavy atom. The minimum absolute atomic E-state index is 0.956. The van der Waals surface area contributed by atoms with Crippen LogP contribution in [-0.2, 0) is 12.5 Å². The largest absolute Gasteiger partial charge is 0.570 e. The van der Waals surface area contributed by atoms with Crippen molar-refractivity contribution in [3.05, 3.63) is 60.7 Å². The summed E-state index contributed by atoms with van der Waals surface area (Å²) in [4.78, 5) is 19.2. The van der Waals surface area contributed by atoms with E-state index in [4.69, 9.17) is 8.33 Å². The van der Waals surface area contributed by atoms with Gasteiger partial charge < -0.3 is 22.1 Å². The molecule has 0 saturated heterocycles. The maximum Gasteiger partial charge on any atom is 0.570 e. The van der Waals surface area contributed by atoms with Crippen LogP contribution in [0.15, 0.2) is 60.7 Å². The van der Waals surface area contributed by atoms with Crippen LogP contribution in [0.3, 0.4) is 0 Å². The summed E-state index contributed by atoms with van der Waals surface area (Å²) in [5, 5.41) is 1.91. The SMILES string of the molecule is O[Si](OP)O[Si](O)OP(c1ccccc1)c1ccccc1. The number of hydrogen-bond donors (Lipinski definition) is 2. The van der Waals surface area contributed by atoms with Gasteiger partial charge in [0, 0.05) is 10.6 Å². The Balaban J connectivity index is 2.17. The maximum atomic E-state index is 9.89. The normalized spacial score (nSPS) is 11.5. The predicted molar refractivity (Wildman–Crippen MR) is 88.0 cm³/mol. The quantitative estimate of drug-likeness (QED) is 0.568. The van der Waals surface area contributed by atoms with Crippen LogP contribution in [0.25, 0.3) is 0 Å². The predicted octanol–water partition coefficient (Wildman–Crippen LogP) is 0.829. The molecule has 2 rings (SSSR count). The van der Waals surface area contributed by atoms with Gasteiger partial charge in [0.1, 0.15) is 0 Å². The molecule has 1 atom stereocenters. The molecule has 2 N–H and O–H groups in total. The standard InChI is InChI=1S/C12H14O5P2Si2/c13-20(15-18)17-21(14)16-19(11-7-3-1-4-8-11)12-9-5-2-6-10-12/h1-10,13-14H,18H2. The van der Waals surface area contributed by atoms with Gasteiger partial charge in [-0.15, -0.1) is 0 Å². The monoisotopic (exact) mass is 356 g/mol. The van der Waals surface area contributed by atoms with Crippen molar-refractivity contribution in [1.82, 2.24) is 0 Å². The molecule has 5 nitrogen and oxygen atoms in total. The third kappa shape index (κ3) is 5.34. The van der Waals surface area contributed by atoms with Gasteiger partial charge in [-0.2, -0.15) is 0 Å². The molecule has 2 radical (unpaired) electrons. The summed E-state index contributed by atoms with van der Waals surface area (Å²) in [6.45, 7) is 0. The van der Waals surface area contributed by atoms with Gasteiger partial charge >= 0.3 is 19.1 Å². The lowest BCUT2D eigenvalue weighted by atomic mass is 10.4. The minimum atomic E-state index is -2.61. The summed E-state index contributed by atoms with van der Waals surface area (Å²) >= 11 is 0. The summed E-state index contributed by atoms with van der Waals surface area (Å²) in [5.41, 5.74) is 0. The van der Waals surface area contributed by atoms with E-state index in [1.165, 1.54) is 0 Å². The molecule has 9 heteroatoms. The minimum Gasteiger partial charge on any atom is -0.388 e. The smallest absolute Gasteiger partial charge is 0.388 e. The van der Waals surface area contributed by atoms with Crippen molar-refractivity contribution < 1.29 is 22.1 Å². The molecular formula is C12H14O5P2Si2. The summed E-state index contributed by atoms with van der Waals surface area (Å²) in [5.74, 6) is 0. The van der Waals surface area contributed by atoms with E-state index in [0.29, 0.717) is 0 Å². The van der Waals surface area contributed by atoms with Crippen LogP contribution in [0.1, 0.15) is 0 Å². The van der Waals surface area contributed by atoms with Gasteiger partial charge in [0.2, 0.25) is 0 Å². The van der Waals surface area contributed by atoms with Crippen molar-refractivity contribution in [3.63, 3.8) is 0 Å². The Kier molecular flexibility index (Phi) is 7.12. The van der Waals surface area contributed by atoms with Gasteiger partial charge in [0.15, 0.2) is 0 Å². The van der Waals surface area contributed by atoms with Gasteiger partial charge in [-0.05, 0) is 9.47 Å². The molecule has 0 bridgehead atoms. The van der Waals surface area contributed by atoms with Gasteiger partial charge in [-0.3, -0.25) is 0 Å². The second-order valence-electron chi connectivity index (χ2n) is 3.81. The van der Waals surface area contributed by atoms with Crippen LogP contribution in [-0.4, -0.2) is 28.6 Å². The Hall–Kier alpha value is -0.466. The van der Waals surface area contributed by atoms with Crippen LogP contribution in [0.5, 0.6) is 0 Å². The van der Waals surface area contributed by atoms with E-state index in [-0.39, 0.29) is 0 Å². The molecule has 2 aromatic rings. The summed E-state index contributed by atoms with van der Waals surface area (Å²) in [6.07, 6.45) is 0. The van der Waals surface area contributed by atoms with Crippen LogP contribution in [0, 0.1) is 0 Å². The molecule has 0 amide bonds. The van der Waals surface area contributed by atoms with E-state index in [2.05, 4.69) is 4.21 Å². The lowest BCUT2D eigenvalue weighted by Crippen LogP contribution is -2.33. The first-order chi connectivity index (χ1) is 10.2. The summed E-state index contributed by atoms with van der Waals surface area (Å²) < 4.78 is 15.2. The zero-order valence-electron chi connectivity index (χ0n) is 10.9. The Bertz CT molecular complexity index is 494. The first-order valence-corrected chi connectivity index (χ1v) is 10.2. The highest BCUT2D eigenvalue weighted by molar-refractivity contribution is 7.69. The average Bonchev–Trinajstić information content (AvgIpc) is 2.54. The fourth-order valence-electron chi connectivity index (χ4n) is 1.58. The summed E-state index contributed by atoms with van der Waals surface area (Å²) in [6, 6.07) is 19.2. The Morgan fingerprint density at radius 2 is 1.29 bits per heavy atom. The highest BCUT2D eigenvalue weighted by atomic mass is 31.1. The van der Waals surface area contributed by atoms with E-state index in [1.807, 2.05) is 70.1 Å². The molecular weight excluding hydrogens is 342 g/mol. The summed E-state index contributed by atoms with van der Waals surface area (Å²) in [7, 11) is -4.41. The van der Waals surface area contributed by atoms with Crippen molar-refractivity contribution in [3.8, 4) is 0 Å². The van der Waals surface area contributed by atoms with Crippen molar-refractivity contribution in [2.75, 3.05) is 0 Å². The maximum absolute atomic E-state index is 9.89. The first kappa shape index (κ1) is 16.9.